The van der Waals surface area contributed by atoms with Gasteiger partial charge in [-0.25, -0.2) is 9.97 Å². The normalized spacial score (nSPS) is 10.8. The standard InChI is InChI=1S/C21H19N3O3.C11H11NO/c1-12-4-5-13-14(8-12)16(6-7-18(13)25)24-21-15-9-19(26-2)20(27-3)10-17(15)22-11-23-21;1-7-2-3-8-9(6-7)11(13)5-4-10(8)12/h4-11,25H,1-3H3,(H,22,23,24);2-6,13H,12H2,1H3. The molecular weight excluding hydrogens is 504 g/mol. The van der Waals surface area contributed by atoms with Gasteiger partial charge in [0.05, 0.1) is 19.7 Å². The van der Waals surface area contributed by atoms with Gasteiger partial charge >= 0.3 is 0 Å². The molecule has 8 nitrogen and oxygen atoms in total. The Balaban J connectivity index is 0.000000207. The Morgan fingerprint density at radius 1 is 0.650 bits per heavy atom. The van der Waals surface area contributed by atoms with E-state index in [-0.39, 0.29) is 11.5 Å². The molecule has 0 aliphatic heterocycles. The van der Waals surface area contributed by atoms with Crippen molar-refractivity contribution in [3.8, 4) is 23.0 Å². The summed E-state index contributed by atoms with van der Waals surface area (Å²) in [5.74, 6) is 2.39. The van der Waals surface area contributed by atoms with Gasteiger partial charge in [-0.1, -0.05) is 35.4 Å². The quantitative estimate of drug-likeness (QED) is 0.141. The van der Waals surface area contributed by atoms with Crippen molar-refractivity contribution in [1.29, 1.82) is 0 Å². The lowest BCUT2D eigenvalue weighted by Gasteiger charge is -2.14. The maximum absolute atomic E-state index is 10.2. The lowest BCUT2D eigenvalue weighted by Crippen LogP contribution is -1.98. The van der Waals surface area contributed by atoms with Crippen LogP contribution in [0.1, 0.15) is 11.1 Å². The smallest absolute Gasteiger partial charge is 0.162 e. The number of aromatic nitrogens is 2. The number of phenols is 2. The molecular formula is C32H30N4O4. The van der Waals surface area contributed by atoms with Gasteiger partial charge in [0.2, 0.25) is 0 Å². The predicted molar refractivity (Wildman–Crippen MR) is 161 cm³/mol. The molecule has 5 N–H and O–H groups in total. The van der Waals surface area contributed by atoms with Crippen LogP contribution >= 0.6 is 0 Å². The number of rotatable bonds is 4. The summed E-state index contributed by atoms with van der Waals surface area (Å²) < 4.78 is 10.8. The van der Waals surface area contributed by atoms with Crippen molar-refractivity contribution in [2.24, 2.45) is 0 Å². The molecule has 202 valence electrons. The summed E-state index contributed by atoms with van der Waals surface area (Å²) in [6.45, 7) is 4.01. The molecule has 0 spiro atoms. The monoisotopic (exact) mass is 534 g/mol. The molecule has 6 aromatic rings. The zero-order valence-electron chi connectivity index (χ0n) is 22.7. The Bertz CT molecular complexity index is 1870. The molecule has 0 unspecified atom stereocenters. The minimum absolute atomic E-state index is 0.245. The number of nitrogen functional groups attached to an aromatic ring is 1. The van der Waals surface area contributed by atoms with Crippen LogP contribution in [0, 0.1) is 13.8 Å². The third kappa shape index (κ3) is 5.07. The van der Waals surface area contributed by atoms with Crippen molar-refractivity contribution in [2.45, 2.75) is 13.8 Å². The van der Waals surface area contributed by atoms with Crippen molar-refractivity contribution in [1.82, 2.24) is 9.97 Å². The number of aromatic hydroxyl groups is 2. The first-order valence-electron chi connectivity index (χ1n) is 12.6. The highest BCUT2D eigenvalue weighted by molar-refractivity contribution is 6.02. The van der Waals surface area contributed by atoms with E-state index >= 15 is 0 Å². The summed E-state index contributed by atoms with van der Waals surface area (Å²) in [4.78, 5) is 8.74. The van der Waals surface area contributed by atoms with Gasteiger partial charge in [0, 0.05) is 44.4 Å². The van der Waals surface area contributed by atoms with Crippen LogP contribution in [-0.2, 0) is 0 Å². The first-order valence-corrected chi connectivity index (χ1v) is 12.6. The summed E-state index contributed by atoms with van der Waals surface area (Å²) in [5.41, 5.74) is 10.3. The predicted octanol–water partition coefficient (Wildman–Crippen LogP) is 6.99. The molecule has 0 aliphatic carbocycles. The van der Waals surface area contributed by atoms with E-state index in [0.29, 0.717) is 23.0 Å². The van der Waals surface area contributed by atoms with Gasteiger partial charge in [0.15, 0.2) is 11.5 Å². The van der Waals surface area contributed by atoms with Crippen LogP contribution < -0.4 is 20.5 Å². The average molecular weight is 535 g/mol. The van der Waals surface area contributed by atoms with Gasteiger partial charge < -0.3 is 30.7 Å². The van der Waals surface area contributed by atoms with Crippen molar-refractivity contribution in [3.63, 3.8) is 0 Å². The van der Waals surface area contributed by atoms with E-state index in [9.17, 15) is 10.2 Å². The van der Waals surface area contributed by atoms with Crippen LogP contribution in [0.25, 0.3) is 32.4 Å². The minimum atomic E-state index is 0.245. The molecule has 0 saturated heterocycles. The fraction of sp³-hybridized carbons (Fsp3) is 0.125. The summed E-state index contributed by atoms with van der Waals surface area (Å²) >= 11 is 0. The Kier molecular flexibility index (Phi) is 7.16. The maximum Gasteiger partial charge on any atom is 0.162 e. The van der Waals surface area contributed by atoms with E-state index in [0.717, 1.165) is 49.3 Å². The molecule has 8 heteroatoms. The number of nitrogens with one attached hydrogen (secondary N) is 1. The van der Waals surface area contributed by atoms with Crippen molar-refractivity contribution in [3.05, 3.63) is 90.3 Å². The Labute approximate surface area is 231 Å². The third-order valence-electron chi connectivity index (χ3n) is 6.73. The maximum atomic E-state index is 10.2. The molecule has 1 heterocycles. The van der Waals surface area contributed by atoms with E-state index in [1.165, 1.54) is 6.33 Å². The number of hydrogen-bond acceptors (Lipinski definition) is 8. The summed E-state index contributed by atoms with van der Waals surface area (Å²) in [7, 11) is 3.19. The summed E-state index contributed by atoms with van der Waals surface area (Å²) in [6, 6.07) is 22.3. The highest BCUT2D eigenvalue weighted by Gasteiger charge is 2.13. The molecule has 1 aromatic heterocycles. The average Bonchev–Trinajstić information content (AvgIpc) is 2.96. The minimum Gasteiger partial charge on any atom is -0.507 e. The molecule has 0 bridgehead atoms. The molecule has 6 rings (SSSR count). The van der Waals surface area contributed by atoms with Gasteiger partial charge in [-0.05, 0) is 56.3 Å². The first kappa shape index (κ1) is 26.4. The van der Waals surface area contributed by atoms with Gasteiger partial charge in [-0.3, -0.25) is 0 Å². The summed E-state index contributed by atoms with van der Waals surface area (Å²) in [6.07, 6.45) is 1.50. The fourth-order valence-corrected chi connectivity index (χ4v) is 4.64. The molecule has 40 heavy (non-hydrogen) atoms. The van der Waals surface area contributed by atoms with E-state index in [1.54, 1.807) is 32.4 Å². The zero-order chi connectivity index (χ0) is 28.4. The Morgan fingerprint density at radius 3 is 2.00 bits per heavy atom. The number of anilines is 3. The molecule has 0 radical (unpaired) electrons. The number of benzene rings is 5. The Hall–Kier alpha value is -5.24. The van der Waals surface area contributed by atoms with Crippen LogP contribution in [0.2, 0.25) is 0 Å². The van der Waals surface area contributed by atoms with Crippen LogP contribution in [0.4, 0.5) is 17.2 Å². The van der Waals surface area contributed by atoms with Crippen molar-refractivity contribution in [2.75, 3.05) is 25.3 Å². The van der Waals surface area contributed by atoms with E-state index in [2.05, 4.69) is 15.3 Å². The molecule has 0 aliphatic rings. The Morgan fingerprint density at radius 2 is 1.27 bits per heavy atom. The molecule has 0 amide bonds. The lowest BCUT2D eigenvalue weighted by atomic mass is 10.0. The second-order valence-electron chi connectivity index (χ2n) is 9.48. The van der Waals surface area contributed by atoms with E-state index < -0.39 is 0 Å². The van der Waals surface area contributed by atoms with Gasteiger partial charge in [0.25, 0.3) is 0 Å². The number of nitrogens with zero attached hydrogens (tertiary/aromatic N) is 2. The van der Waals surface area contributed by atoms with Crippen LogP contribution in [0.15, 0.2) is 79.1 Å². The van der Waals surface area contributed by atoms with Gasteiger partial charge in [-0.15, -0.1) is 0 Å². The van der Waals surface area contributed by atoms with E-state index in [4.69, 9.17) is 15.2 Å². The van der Waals surface area contributed by atoms with Crippen molar-refractivity contribution >= 4 is 49.6 Å². The molecule has 5 aromatic carbocycles. The second-order valence-corrected chi connectivity index (χ2v) is 9.48. The zero-order valence-corrected chi connectivity index (χ0v) is 22.7. The molecule has 0 atom stereocenters. The number of fused-ring (bicyclic) bond motifs is 3. The number of hydrogen-bond donors (Lipinski definition) is 4. The number of ether oxygens (including phenoxy) is 2. The van der Waals surface area contributed by atoms with Crippen LogP contribution in [0.3, 0.4) is 0 Å². The second kappa shape index (κ2) is 10.9. The highest BCUT2D eigenvalue weighted by atomic mass is 16.5. The molecule has 0 fully saturated rings. The highest BCUT2D eigenvalue weighted by Crippen LogP contribution is 2.37. The van der Waals surface area contributed by atoms with Gasteiger partial charge in [0.1, 0.15) is 23.6 Å². The topological polar surface area (TPSA) is 123 Å². The lowest BCUT2D eigenvalue weighted by molar-refractivity contribution is 0.356. The van der Waals surface area contributed by atoms with E-state index in [1.807, 2.05) is 68.4 Å². The number of aryl methyl sites for hydroxylation is 2. The van der Waals surface area contributed by atoms with Gasteiger partial charge in [-0.2, -0.15) is 0 Å². The fourth-order valence-electron chi connectivity index (χ4n) is 4.64. The van der Waals surface area contributed by atoms with Crippen LogP contribution in [0.5, 0.6) is 23.0 Å². The summed E-state index contributed by atoms with van der Waals surface area (Å²) in [5, 5.41) is 27.3. The third-order valence-corrected chi connectivity index (χ3v) is 6.73. The van der Waals surface area contributed by atoms with Crippen molar-refractivity contribution < 1.29 is 19.7 Å². The molecule has 0 saturated carbocycles. The van der Waals surface area contributed by atoms with Crippen LogP contribution in [-0.4, -0.2) is 34.4 Å². The largest absolute Gasteiger partial charge is 0.507 e. The number of methoxy groups -OCH3 is 2. The SMILES string of the molecule is COc1cc2ncnc(Nc3ccc(O)c4ccc(C)cc34)c2cc1OC.Cc1ccc2c(N)ccc(O)c2c1. The number of nitrogens with two attached hydrogens (primary N) is 1. The number of phenolic OH excluding ortho intramolecular Hbond substituents is 2. The first-order chi connectivity index (χ1) is 19.3.